The Morgan fingerprint density at radius 3 is 2.52 bits per heavy atom. The molecule has 0 saturated carbocycles. The van der Waals surface area contributed by atoms with Crippen LogP contribution in [0.15, 0.2) is 57.4 Å². The summed E-state index contributed by atoms with van der Waals surface area (Å²) >= 11 is 3.42. The Labute approximate surface area is 142 Å². The Balaban J connectivity index is 1.70. The van der Waals surface area contributed by atoms with E-state index in [0.717, 1.165) is 10.0 Å². The fraction of sp³-hybridized carbons (Fsp3) is 0.176. The molecular weight excluding hydrogens is 360 g/mol. The maximum absolute atomic E-state index is 5.72. The van der Waals surface area contributed by atoms with E-state index in [1.807, 2.05) is 55.5 Å². The van der Waals surface area contributed by atoms with Gasteiger partial charge in [-0.2, -0.15) is 0 Å². The zero-order chi connectivity index (χ0) is 16.1. The zero-order valence-corrected chi connectivity index (χ0v) is 14.1. The highest BCUT2D eigenvalue weighted by molar-refractivity contribution is 9.10. The summed E-state index contributed by atoms with van der Waals surface area (Å²) in [5.41, 5.74) is 0.854. The molecule has 0 unspecified atom stereocenters. The predicted molar refractivity (Wildman–Crippen MR) is 89.4 cm³/mol. The second kappa shape index (κ2) is 7.28. The van der Waals surface area contributed by atoms with Crippen molar-refractivity contribution >= 4 is 15.9 Å². The normalized spacial score (nSPS) is 10.5. The van der Waals surface area contributed by atoms with Crippen LogP contribution < -0.4 is 9.47 Å². The number of aromatic nitrogens is 2. The summed E-state index contributed by atoms with van der Waals surface area (Å²) in [4.78, 5) is 0. The minimum absolute atomic E-state index is 0.186. The van der Waals surface area contributed by atoms with Gasteiger partial charge in [-0.05, 0) is 37.3 Å². The average Bonchev–Trinajstić information content (AvgIpc) is 3.03. The molecule has 5 nitrogen and oxygen atoms in total. The third-order valence-electron chi connectivity index (χ3n) is 3.04. The minimum Gasteiger partial charge on any atom is -0.490 e. The second-order valence-corrected chi connectivity index (χ2v) is 5.60. The summed E-state index contributed by atoms with van der Waals surface area (Å²) in [6, 6.07) is 15.2. The van der Waals surface area contributed by atoms with Crippen molar-refractivity contribution in [2.24, 2.45) is 0 Å². The van der Waals surface area contributed by atoms with Crippen molar-refractivity contribution in [1.82, 2.24) is 10.2 Å². The first-order valence-corrected chi connectivity index (χ1v) is 7.98. The number of hydrogen-bond donors (Lipinski definition) is 0. The lowest BCUT2D eigenvalue weighted by Gasteiger charge is -2.09. The van der Waals surface area contributed by atoms with Crippen LogP contribution >= 0.6 is 15.9 Å². The quantitative estimate of drug-likeness (QED) is 0.636. The van der Waals surface area contributed by atoms with Crippen LogP contribution in [-0.2, 0) is 6.61 Å². The summed E-state index contributed by atoms with van der Waals surface area (Å²) in [5, 5.41) is 8.07. The molecule has 0 saturated heterocycles. The fourth-order valence-corrected chi connectivity index (χ4v) is 2.43. The van der Waals surface area contributed by atoms with Crippen LogP contribution in [0.2, 0.25) is 0 Å². The van der Waals surface area contributed by atoms with Crippen molar-refractivity contribution in [3.63, 3.8) is 0 Å². The van der Waals surface area contributed by atoms with Gasteiger partial charge in [0, 0.05) is 10.0 Å². The maximum Gasteiger partial charge on any atom is 0.254 e. The van der Waals surface area contributed by atoms with Gasteiger partial charge in [0.2, 0.25) is 5.89 Å². The molecule has 0 aliphatic carbocycles. The third-order valence-corrected chi connectivity index (χ3v) is 3.53. The van der Waals surface area contributed by atoms with Gasteiger partial charge in [-0.25, -0.2) is 0 Å². The molecule has 1 aromatic heterocycles. The molecule has 0 aliphatic heterocycles. The molecule has 0 atom stereocenters. The van der Waals surface area contributed by atoms with Crippen molar-refractivity contribution in [3.8, 4) is 23.0 Å². The highest BCUT2D eigenvalue weighted by atomic mass is 79.9. The van der Waals surface area contributed by atoms with Crippen LogP contribution in [-0.4, -0.2) is 16.8 Å². The number of para-hydroxylation sites is 2. The van der Waals surface area contributed by atoms with Crippen molar-refractivity contribution in [1.29, 1.82) is 0 Å². The van der Waals surface area contributed by atoms with E-state index in [4.69, 9.17) is 13.9 Å². The van der Waals surface area contributed by atoms with Gasteiger partial charge in [-0.1, -0.05) is 34.1 Å². The summed E-state index contributed by atoms with van der Waals surface area (Å²) in [6.45, 7) is 2.69. The number of ether oxygens (including phenoxy) is 2. The monoisotopic (exact) mass is 374 g/mol. The predicted octanol–water partition coefficient (Wildman–Crippen LogP) is 4.48. The Hall–Kier alpha value is -2.34. The lowest BCUT2D eigenvalue weighted by atomic mass is 10.2. The standard InChI is InChI=1S/C17H15BrN2O3/c1-2-21-14-8-3-4-9-15(14)22-11-16-19-20-17(23-16)12-6-5-7-13(18)10-12/h3-10H,2,11H2,1H3. The van der Waals surface area contributed by atoms with E-state index in [9.17, 15) is 0 Å². The van der Waals surface area contributed by atoms with E-state index in [1.165, 1.54) is 0 Å². The van der Waals surface area contributed by atoms with Gasteiger partial charge in [0.05, 0.1) is 6.61 Å². The first-order chi connectivity index (χ1) is 11.3. The van der Waals surface area contributed by atoms with Crippen molar-refractivity contribution in [2.75, 3.05) is 6.61 Å². The second-order valence-electron chi connectivity index (χ2n) is 4.68. The minimum atomic E-state index is 0.186. The van der Waals surface area contributed by atoms with Gasteiger partial charge >= 0.3 is 0 Å². The molecule has 3 aromatic rings. The molecule has 0 radical (unpaired) electrons. The largest absolute Gasteiger partial charge is 0.490 e. The van der Waals surface area contributed by atoms with Gasteiger partial charge in [0.25, 0.3) is 5.89 Å². The molecule has 0 aliphatic rings. The Kier molecular flexibility index (Phi) is 4.92. The number of rotatable bonds is 6. The number of nitrogens with zero attached hydrogens (tertiary/aromatic N) is 2. The third kappa shape index (κ3) is 3.90. The molecule has 2 aromatic carbocycles. The van der Waals surface area contributed by atoms with Gasteiger partial charge in [-0.3, -0.25) is 0 Å². The maximum atomic E-state index is 5.72. The Bertz CT molecular complexity index is 789. The van der Waals surface area contributed by atoms with Crippen molar-refractivity contribution in [3.05, 3.63) is 58.9 Å². The molecule has 1 heterocycles. The van der Waals surface area contributed by atoms with Crippen LogP contribution in [0.4, 0.5) is 0 Å². The van der Waals surface area contributed by atoms with Crippen LogP contribution in [0, 0.1) is 0 Å². The molecule has 0 spiro atoms. The van der Waals surface area contributed by atoms with Crippen molar-refractivity contribution < 1.29 is 13.9 Å². The topological polar surface area (TPSA) is 57.4 Å². The molecule has 23 heavy (non-hydrogen) atoms. The average molecular weight is 375 g/mol. The van der Waals surface area contributed by atoms with E-state index >= 15 is 0 Å². The fourth-order valence-electron chi connectivity index (χ4n) is 2.03. The van der Waals surface area contributed by atoms with Gasteiger partial charge in [0.15, 0.2) is 18.1 Å². The van der Waals surface area contributed by atoms with Crippen molar-refractivity contribution in [2.45, 2.75) is 13.5 Å². The van der Waals surface area contributed by atoms with Crippen LogP contribution in [0.25, 0.3) is 11.5 Å². The summed E-state index contributed by atoms with van der Waals surface area (Å²) in [6.07, 6.45) is 0. The lowest BCUT2D eigenvalue weighted by molar-refractivity contribution is 0.243. The Morgan fingerprint density at radius 2 is 1.78 bits per heavy atom. The van der Waals surface area contributed by atoms with E-state index in [1.54, 1.807) is 0 Å². The molecule has 0 amide bonds. The smallest absolute Gasteiger partial charge is 0.254 e. The molecule has 3 rings (SSSR count). The van der Waals surface area contributed by atoms with Gasteiger partial charge in [-0.15, -0.1) is 10.2 Å². The molecule has 6 heteroatoms. The SMILES string of the molecule is CCOc1ccccc1OCc1nnc(-c2cccc(Br)c2)o1. The van der Waals surface area contributed by atoms with E-state index < -0.39 is 0 Å². The van der Waals surface area contributed by atoms with E-state index in [0.29, 0.717) is 29.9 Å². The zero-order valence-electron chi connectivity index (χ0n) is 12.5. The number of hydrogen-bond acceptors (Lipinski definition) is 5. The summed E-state index contributed by atoms with van der Waals surface area (Å²) in [7, 11) is 0. The highest BCUT2D eigenvalue weighted by Crippen LogP contribution is 2.27. The van der Waals surface area contributed by atoms with Crippen LogP contribution in [0.5, 0.6) is 11.5 Å². The molecule has 0 bridgehead atoms. The summed E-state index contributed by atoms with van der Waals surface area (Å²) < 4.78 is 17.8. The highest BCUT2D eigenvalue weighted by Gasteiger charge is 2.11. The molecular formula is C17H15BrN2O3. The first kappa shape index (κ1) is 15.6. The van der Waals surface area contributed by atoms with Crippen LogP contribution in [0.3, 0.4) is 0 Å². The first-order valence-electron chi connectivity index (χ1n) is 7.19. The Morgan fingerprint density at radius 1 is 1.00 bits per heavy atom. The summed E-state index contributed by atoms with van der Waals surface area (Å²) in [5.74, 6) is 2.22. The molecule has 118 valence electrons. The lowest BCUT2D eigenvalue weighted by Crippen LogP contribution is -1.99. The number of benzene rings is 2. The number of halogens is 1. The van der Waals surface area contributed by atoms with E-state index in [-0.39, 0.29) is 6.61 Å². The molecule has 0 fully saturated rings. The van der Waals surface area contributed by atoms with E-state index in [2.05, 4.69) is 26.1 Å². The van der Waals surface area contributed by atoms with Crippen LogP contribution in [0.1, 0.15) is 12.8 Å². The van der Waals surface area contributed by atoms with Gasteiger partial charge < -0.3 is 13.9 Å². The van der Waals surface area contributed by atoms with Gasteiger partial charge in [0.1, 0.15) is 0 Å². The molecule has 0 N–H and O–H groups in total.